The molecule has 110 valence electrons. The first-order valence-corrected chi connectivity index (χ1v) is 7.34. The van der Waals surface area contributed by atoms with Gasteiger partial charge in [0.2, 0.25) is 5.91 Å². The van der Waals surface area contributed by atoms with Crippen molar-refractivity contribution in [2.24, 2.45) is 11.8 Å². The number of nitrogens with one attached hydrogen (secondary N) is 2. The minimum absolute atomic E-state index is 0.0778. The Morgan fingerprint density at radius 1 is 1.45 bits per heavy atom. The van der Waals surface area contributed by atoms with Gasteiger partial charge in [-0.05, 0) is 37.3 Å². The van der Waals surface area contributed by atoms with E-state index >= 15 is 0 Å². The number of benzene rings is 1. The van der Waals surface area contributed by atoms with E-state index < -0.39 is 5.82 Å². The highest BCUT2D eigenvalue weighted by molar-refractivity contribution is 6.30. The zero-order valence-electron chi connectivity index (χ0n) is 11.6. The molecule has 2 rings (SSSR count). The summed E-state index contributed by atoms with van der Waals surface area (Å²) < 4.78 is 13.6. The van der Waals surface area contributed by atoms with Gasteiger partial charge in [0.1, 0.15) is 5.82 Å². The average Bonchev–Trinajstić information content (AvgIpc) is 2.38. The van der Waals surface area contributed by atoms with Gasteiger partial charge in [-0.3, -0.25) is 4.79 Å². The molecular weight excluding hydrogens is 279 g/mol. The number of halogens is 2. The summed E-state index contributed by atoms with van der Waals surface area (Å²) in [4.78, 5) is 11.6. The fraction of sp³-hybridized carbons (Fsp3) is 0.533. The summed E-state index contributed by atoms with van der Waals surface area (Å²) >= 11 is 5.68. The van der Waals surface area contributed by atoms with Crippen molar-refractivity contribution in [2.45, 2.75) is 26.3 Å². The second-order valence-electron chi connectivity index (χ2n) is 5.56. The molecule has 1 aromatic rings. The molecule has 20 heavy (non-hydrogen) atoms. The second-order valence-corrected chi connectivity index (χ2v) is 5.97. The SMILES string of the molecule is C[C@H]1C[C@H](CNCC(=O)NCc2cccc(Cl)c2F)C1. The third kappa shape index (κ3) is 4.18. The number of carbonyl (C=O) groups excluding carboxylic acids is 1. The van der Waals surface area contributed by atoms with Gasteiger partial charge in [0.15, 0.2) is 0 Å². The van der Waals surface area contributed by atoms with Crippen LogP contribution in [-0.2, 0) is 11.3 Å². The minimum Gasteiger partial charge on any atom is -0.351 e. The molecule has 0 bridgehead atoms. The molecule has 0 aromatic heterocycles. The highest BCUT2D eigenvalue weighted by Gasteiger charge is 2.24. The van der Waals surface area contributed by atoms with Gasteiger partial charge in [-0.15, -0.1) is 0 Å². The van der Waals surface area contributed by atoms with E-state index in [1.807, 2.05) is 0 Å². The van der Waals surface area contributed by atoms with Gasteiger partial charge in [-0.25, -0.2) is 4.39 Å². The molecule has 0 unspecified atom stereocenters. The molecule has 2 N–H and O–H groups in total. The molecule has 1 fully saturated rings. The number of hydrogen-bond acceptors (Lipinski definition) is 2. The molecule has 0 radical (unpaired) electrons. The van der Waals surface area contributed by atoms with Gasteiger partial charge >= 0.3 is 0 Å². The van der Waals surface area contributed by atoms with E-state index in [1.165, 1.54) is 18.9 Å². The van der Waals surface area contributed by atoms with Gasteiger partial charge in [0.25, 0.3) is 0 Å². The smallest absolute Gasteiger partial charge is 0.234 e. The highest BCUT2D eigenvalue weighted by Crippen LogP contribution is 2.32. The Hall–Kier alpha value is -1.13. The quantitative estimate of drug-likeness (QED) is 0.848. The standard InChI is InChI=1S/C15H20ClFN2O/c1-10-5-11(6-10)7-18-9-14(20)19-8-12-3-2-4-13(16)15(12)17/h2-4,10-11,18H,5-9H2,1H3,(H,19,20)/t10-,11-. The maximum Gasteiger partial charge on any atom is 0.234 e. The second kappa shape index (κ2) is 7.04. The van der Waals surface area contributed by atoms with Gasteiger partial charge in [-0.1, -0.05) is 30.7 Å². The number of rotatable bonds is 6. The van der Waals surface area contributed by atoms with Crippen LogP contribution in [0.5, 0.6) is 0 Å². The van der Waals surface area contributed by atoms with E-state index in [0.29, 0.717) is 11.5 Å². The van der Waals surface area contributed by atoms with E-state index in [2.05, 4.69) is 17.6 Å². The van der Waals surface area contributed by atoms with Crippen molar-refractivity contribution in [1.82, 2.24) is 10.6 Å². The van der Waals surface area contributed by atoms with Crippen molar-refractivity contribution in [3.8, 4) is 0 Å². The molecule has 0 aliphatic heterocycles. The summed E-state index contributed by atoms with van der Waals surface area (Å²) in [6.45, 7) is 3.55. The summed E-state index contributed by atoms with van der Waals surface area (Å²) in [5, 5.41) is 5.90. The van der Waals surface area contributed by atoms with Crippen LogP contribution in [0.1, 0.15) is 25.3 Å². The van der Waals surface area contributed by atoms with E-state index in [-0.39, 0.29) is 24.0 Å². The fourth-order valence-corrected chi connectivity index (χ4v) is 2.76. The molecule has 1 aromatic carbocycles. The molecule has 3 nitrogen and oxygen atoms in total. The van der Waals surface area contributed by atoms with Crippen LogP contribution >= 0.6 is 11.6 Å². The number of hydrogen-bond donors (Lipinski definition) is 2. The van der Waals surface area contributed by atoms with Crippen LogP contribution in [0.3, 0.4) is 0 Å². The third-order valence-corrected chi connectivity index (χ3v) is 3.99. The first-order chi connectivity index (χ1) is 9.56. The van der Waals surface area contributed by atoms with Crippen LogP contribution in [0.25, 0.3) is 0 Å². The van der Waals surface area contributed by atoms with Gasteiger partial charge < -0.3 is 10.6 Å². The zero-order valence-corrected chi connectivity index (χ0v) is 12.3. The van der Waals surface area contributed by atoms with Crippen LogP contribution in [0.15, 0.2) is 18.2 Å². The summed E-state index contributed by atoms with van der Waals surface area (Å²) in [5.74, 6) is 0.923. The number of amides is 1. The van der Waals surface area contributed by atoms with Crippen molar-refractivity contribution in [1.29, 1.82) is 0 Å². The lowest BCUT2D eigenvalue weighted by atomic mass is 9.76. The Kier molecular flexibility index (Phi) is 5.38. The Bertz CT molecular complexity index is 475. The van der Waals surface area contributed by atoms with E-state index in [9.17, 15) is 9.18 Å². The van der Waals surface area contributed by atoms with Crippen molar-refractivity contribution >= 4 is 17.5 Å². The lowest BCUT2D eigenvalue weighted by Gasteiger charge is -2.32. The molecule has 1 amide bonds. The molecule has 1 aliphatic carbocycles. The maximum atomic E-state index is 13.6. The molecule has 0 spiro atoms. The molecule has 1 aliphatic rings. The minimum atomic E-state index is -0.467. The Morgan fingerprint density at radius 3 is 2.90 bits per heavy atom. The Labute approximate surface area is 123 Å². The molecule has 5 heteroatoms. The topological polar surface area (TPSA) is 41.1 Å². The van der Waals surface area contributed by atoms with Gasteiger partial charge in [0.05, 0.1) is 11.6 Å². The lowest BCUT2D eigenvalue weighted by Crippen LogP contribution is -2.38. The Balaban J connectivity index is 1.66. The fourth-order valence-electron chi connectivity index (χ4n) is 2.57. The summed E-state index contributed by atoms with van der Waals surface area (Å²) in [6.07, 6.45) is 2.48. The van der Waals surface area contributed by atoms with E-state index in [0.717, 1.165) is 12.5 Å². The largest absolute Gasteiger partial charge is 0.351 e. The monoisotopic (exact) mass is 298 g/mol. The van der Waals surface area contributed by atoms with Crippen molar-refractivity contribution in [2.75, 3.05) is 13.1 Å². The summed E-state index contributed by atoms with van der Waals surface area (Å²) in [6, 6.07) is 4.77. The normalized spacial score (nSPS) is 21.4. The van der Waals surface area contributed by atoms with Crippen molar-refractivity contribution in [3.63, 3.8) is 0 Å². The third-order valence-electron chi connectivity index (χ3n) is 3.70. The maximum absolute atomic E-state index is 13.6. The van der Waals surface area contributed by atoms with Crippen molar-refractivity contribution < 1.29 is 9.18 Å². The first-order valence-electron chi connectivity index (χ1n) is 6.96. The average molecular weight is 299 g/mol. The summed E-state index contributed by atoms with van der Waals surface area (Å²) in [5.41, 5.74) is 0.402. The van der Waals surface area contributed by atoms with Crippen LogP contribution in [0, 0.1) is 17.7 Å². The van der Waals surface area contributed by atoms with E-state index in [4.69, 9.17) is 11.6 Å². The number of carbonyl (C=O) groups is 1. The zero-order chi connectivity index (χ0) is 14.5. The first kappa shape index (κ1) is 15.3. The van der Waals surface area contributed by atoms with Crippen LogP contribution in [0.4, 0.5) is 4.39 Å². The van der Waals surface area contributed by atoms with Crippen LogP contribution in [0.2, 0.25) is 5.02 Å². The highest BCUT2D eigenvalue weighted by atomic mass is 35.5. The van der Waals surface area contributed by atoms with Crippen molar-refractivity contribution in [3.05, 3.63) is 34.6 Å². The molecule has 0 heterocycles. The van der Waals surface area contributed by atoms with Crippen LogP contribution in [-0.4, -0.2) is 19.0 Å². The molecule has 0 saturated heterocycles. The van der Waals surface area contributed by atoms with Gasteiger partial charge in [0, 0.05) is 12.1 Å². The summed E-state index contributed by atoms with van der Waals surface area (Å²) in [7, 11) is 0. The van der Waals surface area contributed by atoms with E-state index in [1.54, 1.807) is 12.1 Å². The molecular formula is C15H20ClFN2O. The predicted molar refractivity (Wildman–Crippen MR) is 78.0 cm³/mol. The van der Waals surface area contributed by atoms with Crippen LogP contribution < -0.4 is 10.6 Å². The Morgan fingerprint density at radius 2 is 2.20 bits per heavy atom. The molecule has 0 atom stereocenters. The predicted octanol–water partition coefficient (Wildman–Crippen LogP) is 2.73. The molecule has 1 saturated carbocycles. The van der Waals surface area contributed by atoms with Gasteiger partial charge in [-0.2, -0.15) is 0 Å². The lowest BCUT2D eigenvalue weighted by molar-refractivity contribution is -0.120.